The number of carbonyl (C=O) groups excluding carboxylic acids is 1. The van der Waals surface area contributed by atoms with Crippen molar-refractivity contribution in [1.29, 1.82) is 0 Å². The van der Waals surface area contributed by atoms with Crippen molar-refractivity contribution in [3.8, 4) is 11.5 Å². The molecule has 0 saturated carbocycles. The highest BCUT2D eigenvalue weighted by molar-refractivity contribution is 7.80. The van der Waals surface area contributed by atoms with E-state index in [0.29, 0.717) is 17.4 Å². The Bertz CT molecular complexity index is 1320. The van der Waals surface area contributed by atoms with E-state index >= 15 is 0 Å². The molecule has 4 aromatic rings. The molecule has 5 nitrogen and oxygen atoms in total. The average Bonchev–Trinajstić information content (AvgIpc) is 3.17. The lowest BCUT2D eigenvalue weighted by molar-refractivity contribution is 0.0977. The highest BCUT2D eigenvalue weighted by Crippen LogP contribution is 2.28. The van der Waals surface area contributed by atoms with Crippen LogP contribution < -0.4 is 10.6 Å². The van der Waals surface area contributed by atoms with Crippen LogP contribution >= 0.6 is 12.2 Å². The zero-order valence-electron chi connectivity index (χ0n) is 18.5. The van der Waals surface area contributed by atoms with Crippen LogP contribution in [0.3, 0.4) is 0 Å². The van der Waals surface area contributed by atoms with Gasteiger partial charge in [0.15, 0.2) is 10.7 Å². The normalized spacial score (nSPS) is 11.0. The number of nitrogens with zero attached hydrogens (tertiary/aromatic N) is 1. The van der Waals surface area contributed by atoms with Crippen LogP contribution in [0.4, 0.5) is 5.69 Å². The fourth-order valence-corrected chi connectivity index (χ4v) is 3.77. The summed E-state index contributed by atoms with van der Waals surface area (Å²) in [5.74, 6) is 0.720. The standard InChI is InChI=1S/C26H25N3O2S/c1-15(2)18-9-11-23-22(14-18)28-25(31-23)19-6-5-7-20(13-19)27-26(32)29-24(30)21-10-8-16(3)12-17(21)4/h5-15H,1-4H3,(H2,27,29,30,32). The van der Waals surface area contributed by atoms with E-state index in [0.717, 1.165) is 33.5 Å². The van der Waals surface area contributed by atoms with Crippen molar-refractivity contribution in [2.75, 3.05) is 5.32 Å². The van der Waals surface area contributed by atoms with Crippen molar-refractivity contribution >= 4 is 40.0 Å². The van der Waals surface area contributed by atoms with Gasteiger partial charge in [0.2, 0.25) is 5.89 Å². The molecule has 32 heavy (non-hydrogen) atoms. The predicted octanol–water partition coefficient (Wildman–Crippen LogP) is 6.36. The maximum Gasteiger partial charge on any atom is 0.257 e. The van der Waals surface area contributed by atoms with E-state index in [4.69, 9.17) is 16.6 Å². The van der Waals surface area contributed by atoms with Crippen molar-refractivity contribution in [1.82, 2.24) is 10.3 Å². The number of aryl methyl sites for hydroxylation is 2. The quantitative estimate of drug-likeness (QED) is 0.359. The largest absolute Gasteiger partial charge is 0.436 e. The third-order valence-corrected chi connectivity index (χ3v) is 5.50. The first-order chi connectivity index (χ1) is 15.3. The molecule has 0 radical (unpaired) electrons. The monoisotopic (exact) mass is 443 g/mol. The van der Waals surface area contributed by atoms with Crippen LogP contribution in [0.2, 0.25) is 0 Å². The zero-order chi connectivity index (χ0) is 22.8. The van der Waals surface area contributed by atoms with Crippen molar-refractivity contribution in [3.05, 3.63) is 82.9 Å². The number of aromatic nitrogens is 1. The number of hydrogen-bond acceptors (Lipinski definition) is 4. The minimum Gasteiger partial charge on any atom is -0.436 e. The Morgan fingerprint density at radius 1 is 1.03 bits per heavy atom. The molecule has 6 heteroatoms. The number of rotatable bonds is 4. The van der Waals surface area contributed by atoms with Gasteiger partial charge in [-0.25, -0.2) is 4.98 Å². The van der Waals surface area contributed by atoms with Crippen LogP contribution in [0.1, 0.15) is 46.8 Å². The molecule has 0 spiro atoms. The van der Waals surface area contributed by atoms with Crippen LogP contribution in [0.5, 0.6) is 0 Å². The zero-order valence-corrected chi connectivity index (χ0v) is 19.3. The van der Waals surface area contributed by atoms with Gasteiger partial charge in [-0.3, -0.25) is 10.1 Å². The summed E-state index contributed by atoms with van der Waals surface area (Å²) in [6.45, 7) is 8.21. The molecule has 0 bridgehead atoms. The molecule has 0 aliphatic rings. The second-order valence-corrected chi connectivity index (χ2v) is 8.62. The first-order valence-corrected chi connectivity index (χ1v) is 10.9. The Kier molecular flexibility index (Phi) is 6.06. The Hall–Kier alpha value is -3.51. The molecule has 0 fully saturated rings. The Morgan fingerprint density at radius 2 is 1.84 bits per heavy atom. The predicted molar refractivity (Wildman–Crippen MR) is 133 cm³/mol. The van der Waals surface area contributed by atoms with Gasteiger partial charge in [0.25, 0.3) is 5.91 Å². The second kappa shape index (κ2) is 8.93. The van der Waals surface area contributed by atoms with Crippen molar-refractivity contribution in [3.63, 3.8) is 0 Å². The number of carbonyl (C=O) groups is 1. The van der Waals surface area contributed by atoms with Gasteiger partial charge < -0.3 is 9.73 Å². The number of thiocarbonyl (C=S) groups is 1. The van der Waals surface area contributed by atoms with Crippen LogP contribution in [0, 0.1) is 13.8 Å². The Morgan fingerprint density at radius 3 is 2.59 bits per heavy atom. The maximum atomic E-state index is 12.6. The van der Waals surface area contributed by atoms with E-state index in [-0.39, 0.29) is 11.0 Å². The van der Waals surface area contributed by atoms with E-state index < -0.39 is 0 Å². The number of benzene rings is 3. The molecule has 3 aromatic carbocycles. The number of fused-ring (bicyclic) bond motifs is 1. The van der Waals surface area contributed by atoms with Gasteiger partial charge in [-0.15, -0.1) is 0 Å². The molecule has 0 saturated heterocycles. The number of amides is 1. The van der Waals surface area contributed by atoms with E-state index in [1.807, 2.05) is 56.3 Å². The lowest BCUT2D eigenvalue weighted by Crippen LogP contribution is -2.34. The van der Waals surface area contributed by atoms with Crippen LogP contribution in [0.25, 0.3) is 22.6 Å². The lowest BCUT2D eigenvalue weighted by Gasteiger charge is -2.11. The van der Waals surface area contributed by atoms with Crippen molar-refractivity contribution in [2.45, 2.75) is 33.6 Å². The van der Waals surface area contributed by atoms with E-state index in [9.17, 15) is 4.79 Å². The van der Waals surface area contributed by atoms with Gasteiger partial charge in [0, 0.05) is 16.8 Å². The van der Waals surface area contributed by atoms with Gasteiger partial charge in [-0.05, 0) is 79.5 Å². The molecule has 0 unspecified atom stereocenters. The van der Waals surface area contributed by atoms with Gasteiger partial charge in [-0.2, -0.15) is 0 Å². The summed E-state index contributed by atoms with van der Waals surface area (Å²) < 4.78 is 5.95. The number of hydrogen-bond donors (Lipinski definition) is 2. The lowest BCUT2D eigenvalue weighted by atomic mass is 10.0. The van der Waals surface area contributed by atoms with Crippen molar-refractivity contribution < 1.29 is 9.21 Å². The first-order valence-electron chi connectivity index (χ1n) is 10.5. The Balaban J connectivity index is 1.50. The summed E-state index contributed by atoms with van der Waals surface area (Å²) in [6, 6.07) is 19.4. The van der Waals surface area contributed by atoms with Crippen molar-refractivity contribution in [2.24, 2.45) is 0 Å². The fourth-order valence-electron chi connectivity index (χ4n) is 3.56. The van der Waals surface area contributed by atoms with E-state index in [1.165, 1.54) is 5.56 Å². The molecule has 162 valence electrons. The summed E-state index contributed by atoms with van der Waals surface area (Å²) in [4.78, 5) is 17.2. The molecule has 1 aromatic heterocycles. The van der Waals surface area contributed by atoms with Crippen LogP contribution in [-0.4, -0.2) is 16.0 Å². The molecular weight excluding hydrogens is 418 g/mol. The summed E-state index contributed by atoms with van der Waals surface area (Å²) in [5.41, 5.74) is 6.97. The molecule has 1 amide bonds. The van der Waals surface area contributed by atoms with Gasteiger partial charge in [0.1, 0.15) is 5.52 Å². The summed E-state index contributed by atoms with van der Waals surface area (Å²) in [5, 5.41) is 6.04. The molecule has 0 atom stereocenters. The van der Waals surface area contributed by atoms with E-state index in [1.54, 1.807) is 6.07 Å². The highest BCUT2D eigenvalue weighted by Gasteiger charge is 2.13. The minimum atomic E-state index is -0.240. The molecule has 4 rings (SSSR count). The molecule has 0 aliphatic carbocycles. The van der Waals surface area contributed by atoms with E-state index in [2.05, 4.69) is 41.6 Å². The third kappa shape index (κ3) is 4.70. The topological polar surface area (TPSA) is 67.2 Å². The number of nitrogens with one attached hydrogen (secondary N) is 2. The summed E-state index contributed by atoms with van der Waals surface area (Å²) >= 11 is 5.35. The molecule has 2 N–H and O–H groups in total. The maximum absolute atomic E-state index is 12.6. The minimum absolute atomic E-state index is 0.228. The molecular formula is C26H25N3O2S. The molecule has 1 heterocycles. The number of oxazole rings is 1. The summed E-state index contributed by atoms with van der Waals surface area (Å²) in [6.07, 6.45) is 0. The highest BCUT2D eigenvalue weighted by atomic mass is 32.1. The van der Waals surface area contributed by atoms with Crippen LogP contribution in [-0.2, 0) is 0 Å². The Labute approximate surface area is 192 Å². The van der Waals surface area contributed by atoms with Crippen LogP contribution in [0.15, 0.2) is 65.1 Å². The second-order valence-electron chi connectivity index (χ2n) is 8.21. The third-order valence-electron chi connectivity index (χ3n) is 5.30. The fraction of sp³-hybridized carbons (Fsp3) is 0.192. The average molecular weight is 444 g/mol. The van der Waals surface area contributed by atoms with Gasteiger partial charge in [0.05, 0.1) is 0 Å². The SMILES string of the molecule is Cc1ccc(C(=O)NC(=S)Nc2cccc(-c3nc4cc(C(C)C)ccc4o3)c2)c(C)c1. The van der Waals surface area contributed by atoms with Gasteiger partial charge >= 0.3 is 0 Å². The number of anilines is 1. The first kappa shape index (κ1) is 21.7. The summed E-state index contributed by atoms with van der Waals surface area (Å²) in [7, 11) is 0. The van der Waals surface area contributed by atoms with Gasteiger partial charge in [-0.1, -0.05) is 43.7 Å². The molecule has 0 aliphatic heterocycles. The smallest absolute Gasteiger partial charge is 0.257 e.